The molecule has 1 amide bonds. The molecule has 0 aliphatic heterocycles. The molecule has 0 saturated heterocycles. The van der Waals surface area contributed by atoms with E-state index in [0.29, 0.717) is 0 Å². The molecule has 6 heteroatoms. The molecule has 0 heterocycles. The fourth-order valence-corrected chi connectivity index (χ4v) is 1.04. The van der Waals surface area contributed by atoms with Gasteiger partial charge in [0.05, 0.1) is 0 Å². The number of rotatable bonds is 6. The maximum Gasteiger partial charge on any atom is 0.408 e. The number of esters is 1. The highest BCUT2D eigenvalue weighted by Gasteiger charge is 2.17. The van der Waals surface area contributed by atoms with E-state index >= 15 is 0 Å². The molecule has 0 aromatic heterocycles. The van der Waals surface area contributed by atoms with Crippen molar-refractivity contribution in [2.75, 3.05) is 13.2 Å². The van der Waals surface area contributed by atoms with Crippen LogP contribution in [-0.4, -0.2) is 31.3 Å². The third kappa shape index (κ3) is 8.75. The number of amides is 1. The molecule has 0 saturated carbocycles. The van der Waals surface area contributed by atoms with Crippen molar-refractivity contribution in [1.29, 1.82) is 5.26 Å². The van der Waals surface area contributed by atoms with Gasteiger partial charge in [-0.2, -0.15) is 5.26 Å². The largest absolute Gasteiger partial charge is 0.449 e. The lowest BCUT2D eigenvalue weighted by Gasteiger charge is -2.12. The summed E-state index contributed by atoms with van der Waals surface area (Å²) >= 11 is 0. The summed E-state index contributed by atoms with van der Waals surface area (Å²) in [6.45, 7) is 7.00. The molecular formula is C14H20N2O4. The second kappa shape index (κ2) is 9.62. The van der Waals surface area contributed by atoms with Crippen molar-refractivity contribution in [3.63, 3.8) is 0 Å². The summed E-state index contributed by atoms with van der Waals surface area (Å²) in [6.07, 6.45) is 3.06. The fraction of sp³-hybridized carbons (Fsp3) is 0.500. The van der Waals surface area contributed by atoms with Gasteiger partial charge < -0.3 is 14.8 Å². The number of alkyl carbamates (subject to hydrolysis) is 1. The number of nitrogens with zero attached hydrogens (tertiary/aromatic N) is 1. The van der Waals surface area contributed by atoms with Crippen LogP contribution in [0, 0.1) is 11.3 Å². The SMILES string of the molecule is CC(C)=C/C=C(\C)COC(=O)N[C@@H](C)C(=O)OCC#N. The van der Waals surface area contributed by atoms with Gasteiger partial charge in [-0.25, -0.2) is 9.59 Å². The Bertz CT molecular complexity index is 443. The Morgan fingerprint density at radius 3 is 2.45 bits per heavy atom. The third-order valence-electron chi connectivity index (χ3n) is 2.10. The van der Waals surface area contributed by atoms with Crippen LogP contribution in [0.1, 0.15) is 27.7 Å². The molecule has 0 spiro atoms. The second-order valence-corrected chi connectivity index (χ2v) is 4.47. The van der Waals surface area contributed by atoms with Crippen molar-refractivity contribution < 1.29 is 19.1 Å². The highest BCUT2D eigenvalue weighted by atomic mass is 16.6. The number of allylic oxidation sites excluding steroid dienone is 3. The van der Waals surface area contributed by atoms with Crippen LogP contribution in [0.4, 0.5) is 4.79 Å². The van der Waals surface area contributed by atoms with E-state index in [4.69, 9.17) is 10.00 Å². The van der Waals surface area contributed by atoms with Gasteiger partial charge in [0.2, 0.25) is 0 Å². The third-order valence-corrected chi connectivity index (χ3v) is 2.10. The first-order chi connectivity index (χ1) is 9.36. The lowest BCUT2D eigenvalue weighted by Crippen LogP contribution is -2.40. The zero-order valence-electron chi connectivity index (χ0n) is 12.2. The lowest BCUT2D eigenvalue weighted by molar-refractivity contribution is -0.144. The Balaban J connectivity index is 4.12. The van der Waals surface area contributed by atoms with Crippen molar-refractivity contribution in [1.82, 2.24) is 5.32 Å². The molecule has 0 fully saturated rings. The molecule has 110 valence electrons. The molecule has 0 aromatic carbocycles. The van der Waals surface area contributed by atoms with E-state index < -0.39 is 18.1 Å². The van der Waals surface area contributed by atoms with Gasteiger partial charge >= 0.3 is 12.1 Å². The van der Waals surface area contributed by atoms with Gasteiger partial charge in [-0.15, -0.1) is 0 Å². The Morgan fingerprint density at radius 1 is 1.25 bits per heavy atom. The van der Waals surface area contributed by atoms with E-state index in [1.165, 1.54) is 6.92 Å². The number of nitrogens with one attached hydrogen (secondary N) is 1. The molecule has 6 nitrogen and oxygen atoms in total. The highest BCUT2D eigenvalue weighted by Crippen LogP contribution is 1.98. The summed E-state index contributed by atoms with van der Waals surface area (Å²) in [7, 11) is 0. The lowest BCUT2D eigenvalue weighted by atomic mass is 10.2. The number of carbonyl (C=O) groups is 2. The summed E-state index contributed by atoms with van der Waals surface area (Å²) < 4.78 is 9.50. The molecule has 1 atom stereocenters. The van der Waals surface area contributed by atoms with E-state index in [9.17, 15) is 9.59 Å². The maximum atomic E-state index is 11.4. The minimum atomic E-state index is -0.863. The monoisotopic (exact) mass is 280 g/mol. The molecule has 20 heavy (non-hydrogen) atoms. The van der Waals surface area contributed by atoms with Gasteiger partial charge in [-0.05, 0) is 33.3 Å². The van der Waals surface area contributed by atoms with Crippen LogP contribution in [0.5, 0.6) is 0 Å². The molecule has 1 N–H and O–H groups in total. The Morgan fingerprint density at radius 2 is 1.90 bits per heavy atom. The number of carbonyl (C=O) groups excluding carboxylic acids is 2. The normalized spacial score (nSPS) is 11.8. The van der Waals surface area contributed by atoms with Crippen molar-refractivity contribution in [3.8, 4) is 6.07 Å². The van der Waals surface area contributed by atoms with Gasteiger partial charge in [0, 0.05) is 0 Å². The van der Waals surface area contributed by atoms with Crippen LogP contribution >= 0.6 is 0 Å². The quantitative estimate of drug-likeness (QED) is 0.594. The zero-order chi connectivity index (χ0) is 15.5. The Labute approximate surface area is 119 Å². The van der Waals surface area contributed by atoms with E-state index in [2.05, 4.69) is 10.1 Å². The van der Waals surface area contributed by atoms with Gasteiger partial charge in [-0.1, -0.05) is 17.7 Å². The van der Waals surface area contributed by atoms with Crippen LogP contribution in [-0.2, 0) is 14.3 Å². The van der Waals surface area contributed by atoms with E-state index in [1.54, 1.807) is 6.07 Å². The van der Waals surface area contributed by atoms with Crippen LogP contribution < -0.4 is 5.32 Å². The number of hydrogen-bond donors (Lipinski definition) is 1. The summed E-state index contributed by atoms with van der Waals surface area (Å²) in [5.41, 5.74) is 2.02. The zero-order valence-corrected chi connectivity index (χ0v) is 12.2. The minimum Gasteiger partial charge on any atom is -0.449 e. The summed E-state index contributed by atoms with van der Waals surface area (Å²) in [5, 5.41) is 10.6. The van der Waals surface area contributed by atoms with Crippen molar-refractivity contribution >= 4 is 12.1 Å². The van der Waals surface area contributed by atoms with Crippen LogP contribution in [0.2, 0.25) is 0 Å². The molecule has 0 rings (SSSR count). The van der Waals surface area contributed by atoms with E-state index in [-0.39, 0.29) is 13.2 Å². The summed E-state index contributed by atoms with van der Waals surface area (Å²) in [4.78, 5) is 22.7. The maximum absolute atomic E-state index is 11.4. The molecule has 0 aliphatic rings. The molecule has 0 radical (unpaired) electrons. The number of nitriles is 1. The number of ether oxygens (including phenoxy) is 2. The van der Waals surface area contributed by atoms with Crippen LogP contribution in [0.15, 0.2) is 23.3 Å². The van der Waals surface area contributed by atoms with Gasteiger partial charge in [0.15, 0.2) is 6.61 Å². The second-order valence-electron chi connectivity index (χ2n) is 4.47. The minimum absolute atomic E-state index is 0.135. The first kappa shape index (κ1) is 17.7. The van der Waals surface area contributed by atoms with Crippen molar-refractivity contribution in [2.24, 2.45) is 0 Å². The first-order valence-electron chi connectivity index (χ1n) is 6.14. The smallest absolute Gasteiger partial charge is 0.408 e. The topological polar surface area (TPSA) is 88.4 Å². The standard InChI is InChI=1S/C14H20N2O4/c1-10(2)5-6-11(3)9-20-14(18)16-12(4)13(17)19-8-7-15/h5-6,12H,8-9H2,1-4H3,(H,16,18)/b11-6+/t12-/m0/s1. The average molecular weight is 280 g/mol. The van der Waals surface area contributed by atoms with Crippen LogP contribution in [0.25, 0.3) is 0 Å². The van der Waals surface area contributed by atoms with Gasteiger partial charge in [0.25, 0.3) is 0 Å². The predicted octanol–water partition coefficient (Wildman–Crippen LogP) is 2.08. The fourth-order valence-electron chi connectivity index (χ4n) is 1.04. The van der Waals surface area contributed by atoms with E-state index in [0.717, 1.165) is 11.1 Å². The summed E-state index contributed by atoms with van der Waals surface area (Å²) in [6, 6.07) is 0.807. The predicted molar refractivity (Wildman–Crippen MR) is 73.7 cm³/mol. The Hall–Kier alpha value is -2.29. The summed E-state index contributed by atoms with van der Waals surface area (Å²) in [5.74, 6) is -0.680. The Kier molecular flexibility index (Phi) is 8.51. The molecule has 0 aliphatic carbocycles. The number of hydrogen-bond acceptors (Lipinski definition) is 5. The van der Waals surface area contributed by atoms with Gasteiger partial charge in [0.1, 0.15) is 18.7 Å². The van der Waals surface area contributed by atoms with Crippen LogP contribution in [0.3, 0.4) is 0 Å². The molecular weight excluding hydrogens is 260 g/mol. The van der Waals surface area contributed by atoms with Crippen molar-refractivity contribution in [2.45, 2.75) is 33.7 Å². The van der Waals surface area contributed by atoms with E-state index in [1.807, 2.05) is 32.9 Å². The van der Waals surface area contributed by atoms with Gasteiger partial charge in [-0.3, -0.25) is 0 Å². The van der Waals surface area contributed by atoms with Crippen molar-refractivity contribution in [3.05, 3.63) is 23.3 Å². The molecule has 0 unspecified atom stereocenters. The molecule has 0 bridgehead atoms. The first-order valence-corrected chi connectivity index (χ1v) is 6.14. The molecule has 0 aromatic rings. The average Bonchev–Trinajstić information content (AvgIpc) is 2.39. The highest BCUT2D eigenvalue weighted by molar-refractivity contribution is 5.81.